The normalized spacial score (nSPS) is 22.1. The first-order valence-corrected chi connectivity index (χ1v) is 15.9. The van der Waals surface area contributed by atoms with Crippen LogP contribution in [0.1, 0.15) is 51.3 Å². The summed E-state index contributed by atoms with van der Waals surface area (Å²) in [4.78, 5) is 31.1. The van der Waals surface area contributed by atoms with Gasteiger partial charge in [-0.05, 0) is 83.5 Å². The fourth-order valence-electron chi connectivity index (χ4n) is 7.21. The fraction of sp³-hybridized carbons (Fsp3) is 0.514. The molecule has 0 radical (unpaired) electrons. The number of fused-ring (bicyclic) bond motifs is 3. The summed E-state index contributed by atoms with van der Waals surface area (Å²) in [6, 6.07) is 16.4. The summed E-state index contributed by atoms with van der Waals surface area (Å²) in [6.45, 7) is 15.3. The molecule has 8 nitrogen and oxygen atoms in total. The van der Waals surface area contributed by atoms with Crippen molar-refractivity contribution < 1.29 is 9.53 Å². The van der Waals surface area contributed by atoms with Gasteiger partial charge in [0.1, 0.15) is 5.82 Å². The Morgan fingerprint density at radius 1 is 1.09 bits per heavy atom. The van der Waals surface area contributed by atoms with Crippen molar-refractivity contribution >= 4 is 41.7 Å². The molecule has 1 amide bonds. The van der Waals surface area contributed by atoms with Crippen LogP contribution in [-0.2, 0) is 17.8 Å². The van der Waals surface area contributed by atoms with Gasteiger partial charge in [0.25, 0.3) is 0 Å². The van der Waals surface area contributed by atoms with Crippen LogP contribution in [0.5, 0.6) is 6.01 Å². The number of hydrogen-bond donors (Lipinski definition) is 0. The third-order valence-electron chi connectivity index (χ3n) is 9.58. The molecular formula is C35H48N6O2S. The maximum Gasteiger partial charge on any atom is 0.318 e. The van der Waals surface area contributed by atoms with Crippen molar-refractivity contribution in [1.82, 2.24) is 19.8 Å². The van der Waals surface area contributed by atoms with Crippen molar-refractivity contribution in [1.29, 1.82) is 0 Å². The second-order valence-corrected chi connectivity index (χ2v) is 13.0. The molecule has 4 aliphatic rings. The van der Waals surface area contributed by atoms with Crippen molar-refractivity contribution in [2.75, 3.05) is 56.2 Å². The van der Waals surface area contributed by atoms with Gasteiger partial charge in [-0.2, -0.15) is 23.5 Å². The number of anilines is 2. The Morgan fingerprint density at radius 3 is 2.61 bits per heavy atom. The predicted octanol–water partition coefficient (Wildman–Crippen LogP) is 5.42. The average Bonchev–Trinajstić information content (AvgIpc) is 3.81. The van der Waals surface area contributed by atoms with Crippen molar-refractivity contribution in [3.8, 4) is 6.01 Å². The summed E-state index contributed by atoms with van der Waals surface area (Å²) < 4.78 is 5.81. The van der Waals surface area contributed by atoms with Crippen LogP contribution in [0.3, 0.4) is 0 Å². The maximum absolute atomic E-state index is 12.3. The summed E-state index contributed by atoms with van der Waals surface area (Å²) in [5, 5.41) is 2.49. The average molecular weight is 617 g/mol. The lowest BCUT2D eigenvalue weighted by atomic mass is 9.96. The summed E-state index contributed by atoms with van der Waals surface area (Å²) in [6.07, 6.45) is 6.69. The van der Waals surface area contributed by atoms with Crippen LogP contribution >= 0.6 is 13.5 Å². The molecule has 1 aromatic heterocycles. The van der Waals surface area contributed by atoms with E-state index in [-0.39, 0.29) is 24.9 Å². The van der Waals surface area contributed by atoms with E-state index < -0.39 is 0 Å². The number of amides is 1. The van der Waals surface area contributed by atoms with Crippen molar-refractivity contribution in [3.05, 3.63) is 66.4 Å². The van der Waals surface area contributed by atoms with E-state index in [4.69, 9.17) is 14.7 Å². The lowest BCUT2D eigenvalue weighted by molar-refractivity contribution is -0.127. The van der Waals surface area contributed by atoms with Gasteiger partial charge in [-0.3, -0.25) is 4.79 Å². The molecule has 3 aromatic rings. The van der Waals surface area contributed by atoms with Gasteiger partial charge in [0.05, 0.1) is 24.4 Å². The Hall–Kier alpha value is -3.30. The molecule has 2 saturated heterocycles. The molecule has 236 valence electrons. The Balaban J connectivity index is 0.000000367. The number of carbonyl (C=O) groups is 1. The first-order valence-electron chi connectivity index (χ1n) is 15.9. The monoisotopic (exact) mass is 616 g/mol. The molecule has 3 aliphatic heterocycles. The smallest absolute Gasteiger partial charge is 0.318 e. The van der Waals surface area contributed by atoms with E-state index in [1.165, 1.54) is 53.9 Å². The number of aromatic nitrogens is 2. The van der Waals surface area contributed by atoms with Crippen LogP contribution in [0.2, 0.25) is 0 Å². The van der Waals surface area contributed by atoms with E-state index in [2.05, 4.69) is 84.6 Å². The van der Waals surface area contributed by atoms with Gasteiger partial charge in [-0.1, -0.05) is 43.0 Å². The van der Waals surface area contributed by atoms with Gasteiger partial charge in [0, 0.05) is 48.9 Å². The zero-order valence-electron chi connectivity index (χ0n) is 26.8. The van der Waals surface area contributed by atoms with Crippen molar-refractivity contribution in [2.24, 2.45) is 5.92 Å². The highest BCUT2D eigenvalue weighted by atomic mass is 32.1. The summed E-state index contributed by atoms with van der Waals surface area (Å²) in [5.41, 5.74) is 3.14. The quantitative estimate of drug-likeness (QED) is 0.355. The largest absolute Gasteiger partial charge is 0.464 e. The highest BCUT2D eigenvalue weighted by Gasteiger charge is 2.42. The maximum atomic E-state index is 12.3. The first-order chi connectivity index (χ1) is 20.8. The number of piperidine rings is 1. The molecule has 2 aromatic carbocycles. The molecule has 2 atom stereocenters. The molecule has 0 spiro atoms. The minimum Gasteiger partial charge on any atom is -0.464 e. The molecule has 0 N–H and O–H groups in total. The molecular weight excluding hydrogens is 568 g/mol. The van der Waals surface area contributed by atoms with Gasteiger partial charge in [-0.25, -0.2) is 0 Å². The van der Waals surface area contributed by atoms with E-state index in [0.29, 0.717) is 38.8 Å². The summed E-state index contributed by atoms with van der Waals surface area (Å²) in [7, 11) is 2.25. The number of ether oxygens (including phenoxy) is 1. The predicted molar refractivity (Wildman–Crippen MR) is 184 cm³/mol. The van der Waals surface area contributed by atoms with E-state index in [1.807, 2.05) is 11.8 Å². The lowest BCUT2D eigenvalue weighted by Crippen LogP contribution is -2.61. The van der Waals surface area contributed by atoms with Gasteiger partial charge in [0.15, 0.2) is 0 Å². The Morgan fingerprint density at radius 2 is 1.89 bits per heavy atom. The second kappa shape index (κ2) is 13.4. The molecule has 9 heteroatoms. The number of carbonyl (C=O) groups excluding carboxylic acids is 1. The highest BCUT2D eigenvalue weighted by Crippen LogP contribution is 2.42. The van der Waals surface area contributed by atoms with Crippen LogP contribution in [0, 0.1) is 5.92 Å². The van der Waals surface area contributed by atoms with Gasteiger partial charge < -0.3 is 24.3 Å². The number of nitrogens with zero attached hydrogens (tertiary/aromatic N) is 6. The highest BCUT2D eigenvalue weighted by molar-refractivity contribution is 7.59. The molecule has 4 heterocycles. The molecule has 44 heavy (non-hydrogen) atoms. The van der Waals surface area contributed by atoms with Gasteiger partial charge in [0.2, 0.25) is 5.91 Å². The Labute approximate surface area is 269 Å². The third-order valence-corrected chi connectivity index (χ3v) is 9.58. The van der Waals surface area contributed by atoms with Crippen molar-refractivity contribution in [3.63, 3.8) is 0 Å². The number of piperazine rings is 1. The van der Waals surface area contributed by atoms with Gasteiger partial charge in [-0.15, -0.1) is 0 Å². The standard InChI is InChI=1S/C28H33N5O2.C7H13N.H2S/c1-5-25(34)32-16-17-33(28(3,4)19-32)26-22-14-15-31(18-23(22)29-27(30-26)35-6-2)24-13-9-11-20-10-7-8-12-21(20)24;1-8-4-2-3-6-5-7(6)8;/h5,7-13H,1,6,14-19H2,2-4H3;6-7H,2-5H2,1H3;1H2. The fourth-order valence-corrected chi connectivity index (χ4v) is 7.21. The number of hydrogen-bond acceptors (Lipinski definition) is 7. The van der Waals surface area contributed by atoms with Crippen molar-refractivity contribution in [2.45, 2.75) is 64.6 Å². The number of rotatable bonds is 5. The first kappa shape index (κ1) is 32.1. The van der Waals surface area contributed by atoms with Crippen LogP contribution in [0.25, 0.3) is 10.8 Å². The zero-order valence-corrected chi connectivity index (χ0v) is 27.8. The van der Waals surface area contributed by atoms with Crippen LogP contribution in [0.15, 0.2) is 55.1 Å². The number of benzene rings is 2. The molecule has 2 unspecified atom stereocenters. The molecule has 1 saturated carbocycles. The van der Waals surface area contributed by atoms with E-state index >= 15 is 0 Å². The third kappa shape index (κ3) is 6.54. The minimum atomic E-state index is -0.282. The lowest BCUT2D eigenvalue weighted by Gasteiger charge is -2.48. The topological polar surface area (TPSA) is 65.0 Å². The number of likely N-dealkylation sites (tertiary alicyclic amines) is 1. The summed E-state index contributed by atoms with van der Waals surface area (Å²) >= 11 is 0. The Bertz CT molecular complexity index is 1490. The van der Waals surface area contributed by atoms with Crippen LogP contribution in [0.4, 0.5) is 11.5 Å². The Kier molecular flexibility index (Phi) is 9.75. The molecule has 1 aliphatic carbocycles. The molecule has 7 rings (SSSR count). The summed E-state index contributed by atoms with van der Waals surface area (Å²) in [5.74, 6) is 2.02. The van der Waals surface area contributed by atoms with Crippen LogP contribution in [-0.4, -0.2) is 83.6 Å². The SMILES string of the molecule is C=CC(=O)N1CCN(c2nc(OCC)nc3c2CCN(c2cccc4ccccc24)C3)C(C)(C)C1.CN1CCCC2CC21.S. The van der Waals surface area contributed by atoms with E-state index in [9.17, 15) is 4.79 Å². The minimum absolute atomic E-state index is 0. The molecule has 3 fully saturated rings. The zero-order chi connectivity index (χ0) is 30.1. The van der Waals surface area contributed by atoms with Gasteiger partial charge >= 0.3 is 6.01 Å². The van der Waals surface area contributed by atoms with E-state index in [1.54, 1.807) is 0 Å². The van der Waals surface area contributed by atoms with E-state index in [0.717, 1.165) is 36.4 Å². The molecule has 0 bridgehead atoms. The second-order valence-electron chi connectivity index (χ2n) is 13.0. The van der Waals surface area contributed by atoms with Crippen LogP contribution < -0.4 is 14.5 Å².